The van der Waals surface area contributed by atoms with Crippen molar-refractivity contribution in [1.82, 2.24) is 4.90 Å². The predicted octanol–water partition coefficient (Wildman–Crippen LogP) is 3.24. The molecule has 29 heavy (non-hydrogen) atoms. The van der Waals surface area contributed by atoms with E-state index in [1.165, 1.54) is 38.5 Å². The zero-order chi connectivity index (χ0) is 21.0. The van der Waals surface area contributed by atoms with Gasteiger partial charge in [-0.05, 0) is 35.4 Å². The van der Waals surface area contributed by atoms with Crippen LogP contribution in [-0.4, -0.2) is 36.2 Å². The predicted molar refractivity (Wildman–Crippen MR) is 103 cm³/mol. The van der Waals surface area contributed by atoms with E-state index in [0.717, 1.165) is 5.56 Å². The van der Waals surface area contributed by atoms with E-state index < -0.39 is 17.9 Å². The van der Waals surface area contributed by atoms with Gasteiger partial charge in [-0.3, -0.25) is 0 Å². The Labute approximate surface area is 167 Å². The zero-order valence-corrected chi connectivity index (χ0v) is 16.0. The SMILES string of the molecule is COC(=O)C1=CN(Cc2ccc(F)cc2)C=C(C(=O)OC)C1c1ccc(O)cc1. The number of carbonyl (C=O) groups excluding carboxylic acids is 2. The van der Waals surface area contributed by atoms with Crippen molar-refractivity contribution in [3.8, 4) is 5.75 Å². The Morgan fingerprint density at radius 1 is 0.931 bits per heavy atom. The van der Waals surface area contributed by atoms with Gasteiger partial charge in [0.05, 0.1) is 31.3 Å². The number of phenolic OH excluding ortho intramolecular Hbond substituents is 1. The summed E-state index contributed by atoms with van der Waals surface area (Å²) in [7, 11) is 2.52. The van der Waals surface area contributed by atoms with Gasteiger partial charge in [0.25, 0.3) is 0 Å². The zero-order valence-electron chi connectivity index (χ0n) is 16.0. The maximum absolute atomic E-state index is 13.2. The van der Waals surface area contributed by atoms with Crippen LogP contribution < -0.4 is 0 Å². The Hall–Kier alpha value is -3.61. The van der Waals surface area contributed by atoms with E-state index in [1.54, 1.807) is 41.6 Å². The third-order valence-electron chi connectivity index (χ3n) is 4.58. The van der Waals surface area contributed by atoms with Crippen LogP contribution in [0, 0.1) is 5.82 Å². The number of aromatic hydroxyl groups is 1. The third kappa shape index (κ3) is 4.45. The molecule has 0 amide bonds. The molecule has 1 N–H and O–H groups in total. The molecule has 150 valence electrons. The molecule has 0 spiro atoms. The molecule has 1 heterocycles. The number of rotatable bonds is 5. The van der Waals surface area contributed by atoms with Gasteiger partial charge >= 0.3 is 11.9 Å². The fourth-order valence-electron chi connectivity index (χ4n) is 3.21. The monoisotopic (exact) mass is 397 g/mol. The smallest absolute Gasteiger partial charge is 0.336 e. The molecule has 0 saturated heterocycles. The lowest BCUT2D eigenvalue weighted by Gasteiger charge is -2.30. The van der Waals surface area contributed by atoms with Crippen molar-refractivity contribution in [3.63, 3.8) is 0 Å². The molecule has 3 rings (SSSR count). The summed E-state index contributed by atoms with van der Waals surface area (Å²) in [4.78, 5) is 26.7. The molecule has 0 fully saturated rings. The van der Waals surface area contributed by atoms with Crippen molar-refractivity contribution >= 4 is 11.9 Å². The highest BCUT2D eigenvalue weighted by Gasteiger charge is 2.35. The average molecular weight is 397 g/mol. The second kappa shape index (κ2) is 8.60. The van der Waals surface area contributed by atoms with E-state index in [-0.39, 0.29) is 22.7 Å². The minimum atomic E-state index is -0.722. The van der Waals surface area contributed by atoms with E-state index in [4.69, 9.17) is 9.47 Å². The minimum Gasteiger partial charge on any atom is -0.508 e. The van der Waals surface area contributed by atoms with Crippen LogP contribution >= 0.6 is 0 Å². The molecule has 0 atom stereocenters. The van der Waals surface area contributed by atoms with Gasteiger partial charge in [-0.2, -0.15) is 0 Å². The Balaban J connectivity index is 2.05. The second-order valence-electron chi connectivity index (χ2n) is 6.48. The first-order chi connectivity index (χ1) is 13.9. The maximum atomic E-state index is 13.2. The number of esters is 2. The molecular formula is C22H20FNO5. The molecule has 7 heteroatoms. The maximum Gasteiger partial charge on any atom is 0.336 e. The van der Waals surface area contributed by atoms with E-state index in [9.17, 15) is 19.1 Å². The van der Waals surface area contributed by atoms with Crippen LogP contribution in [-0.2, 0) is 25.6 Å². The van der Waals surface area contributed by atoms with Crippen LogP contribution in [0.15, 0.2) is 72.1 Å². The number of benzene rings is 2. The van der Waals surface area contributed by atoms with Gasteiger partial charge in [0.2, 0.25) is 0 Å². The summed E-state index contributed by atoms with van der Waals surface area (Å²) >= 11 is 0. The number of methoxy groups -OCH3 is 2. The topological polar surface area (TPSA) is 76.1 Å². The number of carbonyl (C=O) groups is 2. The summed E-state index contributed by atoms with van der Waals surface area (Å²) < 4.78 is 23.0. The van der Waals surface area contributed by atoms with Crippen LogP contribution in [0.4, 0.5) is 4.39 Å². The van der Waals surface area contributed by atoms with Gasteiger partial charge in [-0.1, -0.05) is 24.3 Å². The van der Waals surface area contributed by atoms with Crippen LogP contribution in [0.5, 0.6) is 5.75 Å². The molecule has 6 nitrogen and oxygen atoms in total. The summed E-state index contributed by atoms with van der Waals surface area (Å²) in [5, 5.41) is 9.58. The quantitative estimate of drug-likeness (QED) is 0.781. The minimum absolute atomic E-state index is 0.0645. The van der Waals surface area contributed by atoms with Crippen molar-refractivity contribution in [2.24, 2.45) is 0 Å². The van der Waals surface area contributed by atoms with Gasteiger partial charge in [-0.15, -0.1) is 0 Å². The van der Waals surface area contributed by atoms with Crippen LogP contribution in [0.2, 0.25) is 0 Å². The Kier molecular flexibility index (Phi) is 5.97. The van der Waals surface area contributed by atoms with Gasteiger partial charge in [-0.25, -0.2) is 14.0 Å². The fraction of sp³-hybridized carbons (Fsp3) is 0.182. The Bertz CT molecular complexity index is 930. The lowest BCUT2D eigenvalue weighted by Crippen LogP contribution is -2.28. The van der Waals surface area contributed by atoms with E-state index in [0.29, 0.717) is 12.1 Å². The van der Waals surface area contributed by atoms with Gasteiger partial charge in [0.15, 0.2) is 0 Å². The Morgan fingerprint density at radius 3 is 1.93 bits per heavy atom. The van der Waals surface area contributed by atoms with Crippen molar-refractivity contribution in [2.45, 2.75) is 12.5 Å². The van der Waals surface area contributed by atoms with Crippen LogP contribution in [0.1, 0.15) is 17.0 Å². The first-order valence-electron chi connectivity index (χ1n) is 8.82. The average Bonchev–Trinajstić information content (AvgIpc) is 2.74. The summed E-state index contributed by atoms with van der Waals surface area (Å²) in [5.41, 5.74) is 1.89. The van der Waals surface area contributed by atoms with E-state index in [1.807, 2.05) is 0 Å². The number of hydrogen-bond acceptors (Lipinski definition) is 6. The highest BCUT2D eigenvalue weighted by Crippen LogP contribution is 2.37. The van der Waals surface area contributed by atoms with Crippen molar-refractivity contribution in [1.29, 1.82) is 0 Å². The molecule has 2 aromatic carbocycles. The molecule has 0 bridgehead atoms. The highest BCUT2D eigenvalue weighted by atomic mass is 19.1. The molecule has 0 aromatic heterocycles. The van der Waals surface area contributed by atoms with Crippen LogP contribution in [0.3, 0.4) is 0 Å². The lowest BCUT2D eigenvalue weighted by molar-refractivity contribution is -0.137. The molecule has 0 unspecified atom stereocenters. The third-order valence-corrected chi connectivity index (χ3v) is 4.58. The number of halogens is 1. The summed E-state index contributed by atoms with van der Waals surface area (Å²) in [6.07, 6.45) is 3.19. The normalized spacial score (nSPS) is 14.1. The molecular weight excluding hydrogens is 377 g/mol. The first-order valence-corrected chi connectivity index (χ1v) is 8.82. The molecule has 2 aromatic rings. The molecule has 0 radical (unpaired) electrons. The molecule has 0 aliphatic carbocycles. The van der Waals surface area contributed by atoms with Gasteiger partial charge in [0.1, 0.15) is 11.6 Å². The number of phenols is 1. The largest absolute Gasteiger partial charge is 0.508 e. The lowest BCUT2D eigenvalue weighted by atomic mass is 9.83. The van der Waals surface area contributed by atoms with E-state index >= 15 is 0 Å². The number of nitrogens with zero attached hydrogens (tertiary/aromatic N) is 1. The Morgan fingerprint density at radius 2 is 1.45 bits per heavy atom. The molecule has 1 aliphatic rings. The summed E-state index contributed by atoms with van der Waals surface area (Å²) in [5.74, 6) is -2.20. The summed E-state index contributed by atoms with van der Waals surface area (Å²) in [6.45, 7) is 0.309. The standard InChI is InChI=1S/C22H20FNO5/c1-28-21(26)18-12-24(11-14-3-7-16(23)8-4-14)13-19(22(27)29-2)20(18)15-5-9-17(25)10-6-15/h3-10,12-13,20,25H,11H2,1-2H3. The van der Waals surface area contributed by atoms with Crippen molar-refractivity contribution in [3.05, 3.63) is 89.0 Å². The highest BCUT2D eigenvalue weighted by molar-refractivity contribution is 5.98. The second-order valence-corrected chi connectivity index (χ2v) is 6.48. The van der Waals surface area contributed by atoms with Crippen molar-refractivity contribution in [2.75, 3.05) is 14.2 Å². The number of ether oxygens (including phenoxy) is 2. The van der Waals surface area contributed by atoms with E-state index in [2.05, 4.69) is 0 Å². The fourth-order valence-corrected chi connectivity index (χ4v) is 3.21. The van der Waals surface area contributed by atoms with Gasteiger partial charge < -0.3 is 19.5 Å². The molecule has 0 saturated carbocycles. The van der Waals surface area contributed by atoms with Crippen LogP contribution in [0.25, 0.3) is 0 Å². The van der Waals surface area contributed by atoms with Crippen molar-refractivity contribution < 1.29 is 28.6 Å². The molecule has 1 aliphatic heterocycles. The summed E-state index contributed by atoms with van der Waals surface area (Å²) in [6, 6.07) is 12.1. The van der Waals surface area contributed by atoms with Gasteiger partial charge in [0, 0.05) is 18.9 Å². The number of hydrogen-bond donors (Lipinski definition) is 1. The first kappa shape index (κ1) is 20.1.